The van der Waals surface area contributed by atoms with E-state index in [2.05, 4.69) is 10.4 Å². The lowest BCUT2D eigenvalue weighted by Gasteiger charge is -2.09. The second-order valence-corrected chi connectivity index (χ2v) is 6.24. The highest BCUT2D eigenvalue weighted by molar-refractivity contribution is 5.92. The Kier molecular flexibility index (Phi) is 6.07. The van der Waals surface area contributed by atoms with Crippen molar-refractivity contribution in [2.24, 2.45) is 5.92 Å². The van der Waals surface area contributed by atoms with E-state index in [-0.39, 0.29) is 18.0 Å². The van der Waals surface area contributed by atoms with Crippen LogP contribution in [0.25, 0.3) is 0 Å². The fourth-order valence-electron chi connectivity index (χ4n) is 2.67. The molecule has 0 bridgehead atoms. The molecule has 1 heterocycles. The number of carbonyl (C=O) groups is 2. The third-order valence-electron chi connectivity index (χ3n) is 4.20. The molecule has 0 spiro atoms. The number of aliphatic carboxylic acids is 1. The number of carboxylic acids is 1. The Morgan fingerprint density at radius 1 is 1.23 bits per heavy atom. The number of hydrogen-bond acceptors (Lipinski definition) is 3. The molecule has 0 saturated heterocycles. The molecule has 1 unspecified atom stereocenters. The number of hydrogen-bond donors (Lipinski definition) is 2. The molecule has 2 N–H and O–H groups in total. The fourth-order valence-corrected chi connectivity index (χ4v) is 2.67. The van der Waals surface area contributed by atoms with E-state index in [1.54, 1.807) is 38.1 Å². The molecule has 1 aromatic heterocycles. The molecular weight excluding hydrogens is 344 g/mol. The zero-order chi connectivity index (χ0) is 19.4. The van der Waals surface area contributed by atoms with E-state index < -0.39 is 18.4 Å². The summed E-state index contributed by atoms with van der Waals surface area (Å²) >= 11 is 0. The normalized spacial score (nSPS) is 12.2. The molecule has 0 aliphatic rings. The first-order valence-electron chi connectivity index (χ1n) is 8.13. The minimum absolute atomic E-state index is 0.0534. The molecular formula is C18H21F2N3O3. The van der Waals surface area contributed by atoms with Crippen molar-refractivity contribution in [1.82, 2.24) is 9.78 Å². The van der Waals surface area contributed by atoms with Gasteiger partial charge in [0, 0.05) is 16.9 Å². The van der Waals surface area contributed by atoms with E-state index in [0.29, 0.717) is 28.0 Å². The van der Waals surface area contributed by atoms with Crippen LogP contribution in [0.4, 0.5) is 14.5 Å². The Hall–Kier alpha value is -2.77. The summed E-state index contributed by atoms with van der Waals surface area (Å²) in [7, 11) is 0. The SMILES string of the molecule is Cc1nn(C(F)F)c(C)c1CC(=O)Nc1ccc(CC(C)C(=O)O)cc1. The molecule has 1 amide bonds. The van der Waals surface area contributed by atoms with Crippen molar-refractivity contribution in [3.8, 4) is 0 Å². The quantitative estimate of drug-likeness (QED) is 0.788. The lowest BCUT2D eigenvalue weighted by molar-refractivity contribution is -0.141. The lowest BCUT2D eigenvalue weighted by atomic mass is 10.0. The monoisotopic (exact) mass is 365 g/mol. The van der Waals surface area contributed by atoms with Crippen LogP contribution in [0.3, 0.4) is 0 Å². The van der Waals surface area contributed by atoms with Gasteiger partial charge < -0.3 is 10.4 Å². The largest absolute Gasteiger partial charge is 0.481 e. The number of amides is 1. The molecule has 26 heavy (non-hydrogen) atoms. The van der Waals surface area contributed by atoms with Crippen LogP contribution in [-0.2, 0) is 22.4 Å². The van der Waals surface area contributed by atoms with Gasteiger partial charge in [-0.05, 0) is 38.0 Å². The van der Waals surface area contributed by atoms with E-state index in [4.69, 9.17) is 5.11 Å². The van der Waals surface area contributed by atoms with Gasteiger partial charge in [0.05, 0.1) is 18.0 Å². The van der Waals surface area contributed by atoms with E-state index in [9.17, 15) is 18.4 Å². The van der Waals surface area contributed by atoms with Gasteiger partial charge in [0.15, 0.2) is 0 Å². The number of benzene rings is 1. The summed E-state index contributed by atoms with van der Waals surface area (Å²) in [5.41, 5.74) is 2.55. The Balaban J connectivity index is 2.01. The Labute approximate surface area is 149 Å². The Morgan fingerprint density at radius 3 is 2.35 bits per heavy atom. The molecule has 8 heteroatoms. The summed E-state index contributed by atoms with van der Waals surface area (Å²) in [6, 6.07) is 6.87. The number of carboxylic acid groups (broad SMARTS) is 1. The van der Waals surface area contributed by atoms with Crippen molar-refractivity contribution in [1.29, 1.82) is 0 Å². The van der Waals surface area contributed by atoms with Crippen LogP contribution in [0, 0.1) is 19.8 Å². The van der Waals surface area contributed by atoms with Crippen LogP contribution in [0.1, 0.15) is 36.0 Å². The van der Waals surface area contributed by atoms with Gasteiger partial charge in [-0.3, -0.25) is 9.59 Å². The molecule has 6 nitrogen and oxygen atoms in total. The van der Waals surface area contributed by atoms with Crippen molar-refractivity contribution >= 4 is 17.6 Å². The number of halogens is 2. The van der Waals surface area contributed by atoms with Crippen LogP contribution >= 0.6 is 0 Å². The van der Waals surface area contributed by atoms with Crippen molar-refractivity contribution in [3.63, 3.8) is 0 Å². The summed E-state index contributed by atoms with van der Waals surface area (Å²) in [6.07, 6.45) is 0.344. The van der Waals surface area contributed by atoms with Crippen LogP contribution in [-0.4, -0.2) is 26.8 Å². The van der Waals surface area contributed by atoms with Gasteiger partial charge >= 0.3 is 12.5 Å². The first-order valence-corrected chi connectivity index (χ1v) is 8.13. The third-order valence-corrected chi connectivity index (χ3v) is 4.20. The molecule has 0 fully saturated rings. The summed E-state index contributed by atoms with van der Waals surface area (Å²) < 4.78 is 26.3. The average Bonchev–Trinajstić information content (AvgIpc) is 2.85. The molecule has 140 valence electrons. The zero-order valence-electron chi connectivity index (χ0n) is 14.8. The van der Waals surface area contributed by atoms with Crippen molar-refractivity contribution in [3.05, 3.63) is 46.8 Å². The Morgan fingerprint density at radius 2 is 1.85 bits per heavy atom. The number of rotatable bonds is 7. The van der Waals surface area contributed by atoms with Gasteiger partial charge in [-0.25, -0.2) is 4.68 Å². The molecule has 2 rings (SSSR count). The summed E-state index contributed by atoms with van der Waals surface area (Å²) in [5.74, 6) is -1.69. The number of aromatic nitrogens is 2. The van der Waals surface area contributed by atoms with E-state index in [1.807, 2.05) is 0 Å². The van der Waals surface area contributed by atoms with Gasteiger partial charge in [-0.15, -0.1) is 0 Å². The van der Waals surface area contributed by atoms with Crippen molar-refractivity contribution < 1.29 is 23.5 Å². The molecule has 0 radical (unpaired) electrons. The smallest absolute Gasteiger partial charge is 0.333 e. The molecule has 1 atom stereocenters. The van der Waals surface area contributed by atoms with Gasteiger partial charge in [0.1, 0.15) is 0 Å². The maximum atomic E-state index is 12.8. The van der Waals surface area contributed by atoms with Crippen molar-refractivity contribution in [2.75, 3.05) is 5.32 Å². The first-order chi connectivity index (χ1) is 12.2. The number of carbonyl (C=O) groups excluding carboxylic acids is 1. The zero-order valence-corrected chi connectivity index (χ0v) is 14.8. The highest BCUT2D eigenvalue weighted by atomic mass is 19.3. The summed E-state index contributed by atoms with van der Waals surface area (Å²) in [4.78, 5) is 23.1. The highest BCUT2D eigenvalue weighted by Crippen LogP contribution is 2.20. The minimum atomic E-state index is -2.74. The van der Waals surface area contributed by atoms with E-state index in [0.717, 1.165) is 5.56 Å². The fraction of sp³-hybridized carbons (Fsp3) is 0.389. The molecule has 0 aliphatic heterocycles. The summed E-state index contributed by atoms with van der Waals surface area (Å²) in [5, 5.41) is 15.4. The standard InChI is InChI=1S/C18H21F2N3O3/c1-10(17(25)26)8-13-4-6-14(7-5-13)21-16(24)9-15-11(2)22-23(12(15)3)18(19)20/h4-7,10,18H,8-9H2,1-3H3,(H,21,24)(H,25,26). The van der Waals surface area contributed by atoms with E-state index >= 15 is 0 Å². The van der Waals surface area contributed by atoms with Gasteiger partial charge in [-0.2, -0.15) is 13.9 Å². The van der Waals surface area contributed by atoms with E-state index in [1.165, 1.54) is 6.92 Å². The molecule has 1 aromatic carbocycles. The maximum absolute atomic E-state index is 12.8. The second kappa shape index (κ2) is 8.07. The predicted molar refractivity (Wildman–Crippen MR) is 92.2 cm³/mol. The first kappa shape index (κ1) is 19.6. The average molecular weight is 365 g/mol. The number of alkyl halides is 2. The van der Waals surface area contributed by atoms with Gasteiger partial charge in [0.25, 0.3) is 0 Å². The number of nitrogens with zero attached hydrogens (tertiary/aromatic N) is 2. The lowest BCUT2D eigenvalue weighted by Crippen LogP contribution is -2.16. The number of anilines is 1. The van der Waals surface area contributed by atoms with Gasteiger partial charge in [-0.1, -0.05) is 19.1 Å². The second-order valence-electron chi connectivity index (χ2n) is 6.24. The predicted octanol–water partition coefficient (Wildman–Crippen LogP) is 3.34. The number of aryl methyl sites for hydroxylation is 1. The van der Waals surface area contributed by atoms with Gasteiger partial charge in [0.2, 0.25) is 5.91 Å². The number of nitrogens with one attached hydrogen (secondary N) is 1. The maximum Gasteiger partial charge on any atom is 0.333 e. The molecule has 0 saturated carbocycles. The molecule has 2 aromatic rings. The topological polar surface area (TPSA) is 84.2 Å². The van der Waals surface area contributed by atoms with Crippen LogP contribution in [0.2, 0.25) is 0 Å². The Bertz CT molecular complexity index is 801. The third kappa shape index (κ3) is 4.65. The summed E-state index contributed by atoms with van der Waals surface area (Å²) in [6.45, 7) is 1.98. The minimum Gasteiger partial charge on any atom is -0.481 e. The molecule has 0 aliphatic carbocycles. The van der Waals surface area contributed by atoms with Crippen molar-refractivity contribution in [2.45, 2.75) is 40.2 Å². The highest BCUT2D eigenvalue weighted by Gasteiger charge is 2.19. The van der Waals surface area contributed by atoms with Crippen LogP contribution in [0.5, 0.6) is 0 Å². The van der Waals surface area contributed by atoms with Crippen LogP contribution < -0.4 is 5.32 Å². The van der Waals surface area contributed by atoms with Crippen LogP contribution in [0.15, 0.2) is 24.3 Å².